The normalized spacial score (nSPS) is 10.9. The van der Waals surface area contributed by atoms with Crippen LogP contribution in [0.1, 0.15) is 12.5 Å². The minimum Gasteiger partial charge on any atom is -0.311 e. The molecular weight excluding hydrogens is 340 g/mol. The highest BCUT2D eigenvalue weighted by molar-refractivity contribution is 5.93. The average molecular weight is 357 g/mol. The smallest absolute Gasteiger partial charge is 0.261 e. The zero-order valence-electron chi connectivity index (χ0n) is 14.4. The zero-order valence-corrected chi connectivity index (χ0v) is 14.4. The van der Waals surface area contributed by atoms with Crippen molar-refractivity contribution in [2.45, 2.75) is 20.4 Å². The van der Waals surface area contributed by atoms with E-state index < -0.39 is 17.5 Å². The molecule has 3 aromatic rings. The summed E-state index contributed by atoms with van der Waals surface area (Å²) < 4.78 is 27.8. The third kappa shape index (κ3) is 3.20. The van der Waals surface area contributed by atoms with E-state index in [1.54, 1.807) is 19.1 Å². The fourth-order valence-corrected chi connectivity index (χ4v) is 2.84. The maximum Gasteiger partial charge on any atom is 0.261 e. The van der Waals surface area contributed by atoms with E-state index in [4.69, 9.17) is 0 Å². The second-order valence-corrected chi connectivity index (χ2v) is 5.89. The summed E-state index contributed by atoms with van der Waals surface area (Å²) in [6, 6.07) is 8.52. The molecule has 0 unspecified atom stereocenters. The summed E-state index contributed by atoms with van der Waals surface area (Å²) in [7, 11) is 0. The number of rotatable bonds is 4. The van der Waals surface area contributed by atoms with Gasteiger partial charge < -0.3 is 4.90 Å². The van der Waals surface area contributed by atoms with Crippen LogP contribution in [0.25, 0.3) is 10.9 Å². The second kappa shape index (κ2) is 7.03. The lowest BCUT2D eigenvalue weighted by Crippen LogP contribution is -2.36. The minimum atomic E-state index is -1.03. The van der Waals surface area contributed by atoms with Crippen molar-refractivity contribution in [2.75, 3.05) is 11.4 Å². The number of amides is 1. The number of carbonyl (C=O) groups excluding carboxylic acids is 1. The van der Waals surface area contributed by atoms with Crippen molar-refractivity contribution in [3.05, 3.63) is 70.3 Å². The van der Waals surface area contributed by atoms with E-state index in [1.165, 1.54) is 21.9 Å². The zero-order chi connectivity index (χ0) is 18.8. The monoisotopic (exact) mass is 357 g/mol. The molecule has 5 nitrogen and oxygen atoms in total. The molecule has 0 spiro atoms. The number of carbonyl (C=O) groups is 1. The molecule has 0 saturated heterocycles. The van der Waals surface area contributed by atoms with Gasteiger partial charge in [0.25, 0.3) is 5.56 Å². The molecule has 2 aromatic carbocycles. The van der Waals surface area contributed by atoms with Gasteiger partial charge in [-0.25, -0.2) is 13.8 Å². The Morgan fingerprint density at radius 1 is 1.19 bits per heavy atom. The van der Waals surface area contributed by atoms with E-state index in [9.17, 15) is 18.4 Å². The van der Waals surface area contributed by atoms with Gasteiger partial charge in [0.2, 0.25) is 5.91 Å². The van der Waals surface area contributed by atoms with Crippen LogP contribution in [0.5, 0.6) is 0 Å². The molecule has 0 aliphatic rings. The Labute approximate surface area is 148 Å². The van der Waals surface area contributed by atoms with Gasteiger partial charge in [0.1, 0.15) is 6.54 Å². The summed E-state index contributed by atoms with van der Waals surface area (Å²) in [6.45, 7) is 3.57. The molecule has 0 N–H and O–H groups in total. The Morgan fingerprint density at radius 2 is 1.96 bits per heavy atom. The minimum absolute atomic E-state index is 0.231. The van der Waals surface area contributed by atoms with Gasteiger partial charge in [-0.2, -0.15) is 0 Å². The quantitative estimate of drug-likeness (QED) is 0.721. The average Bonchev–Trinajstić information content (AvgIpc) is 2.61. The van der Waals surface area contributed by atoms with Gasteiger partial charge in [0.15, 0.2) is 11.6 Å². The van der Waals surface area contributed by atoms with E-state index in [-0.39, 0.29) is 24.3 Å². The number of aryl methyl sites for hydroxylation is 1. The SMILES string of the molecule is CCN(C(=O)Cn1cnc2c(C)cccc2c1=O)c1ccc(F)c(F)c1. The summed E-state index contributed by atoms with van der Waals surface area (Å²) in [6.07, 6.45) is 1.33. The second-order valence-electron chi connectivity index (χ2n) is 5.89. The van der Waals surface area contributed by atoms with Crippen LogP contribution in [-0.2, 0) is 11.3 Å². The Kier molecular flexibility index (Phi) is 4.79. The van der Waals surface area contributed by atoms with Crippen LogP contribution in [0.3, 0.4) is 0 Å². The molecule has 0 atom stereocenters. The molecule has 0 saturated carbocycles. The first-order valence-electron chi connectivity index (χ1n) is 8.12. The number of nitrogens with zero attached hydrogens (tertiary/aromatic N) is 3. The number of hydrogen-bond donors (Lipinski definition) is 0. The Hall–Kier alpha value is -3.09. The molecule has 7 heteroatoms. The Morgan fingerprint density at radius 3 is 2.65 bits per heavy atom. The van der Waals surface area contributed by atoms with Crippen LogP contribution in [0.15, 0.2) is 47.5 Å². The van der Waals surface area contributed by atoms with Gasteiger partial charge in [-0.3, -0.25) is 14.2 Å². The van der Waals surface area contributed by atoms with Crippen molar-refractivity contribution in [3.8, 4) is 0 Å². The van der Waals surface area contributed by atoms with Crippen LogP contribution >= 0.6 is 0 Å². The predicted molar refractivity (Wildman–Crippen MR) is 95.1 cm³/mol. The summed E-state index contributed by atoms with van der Waals surface area (Å²) in [5.74, 6) is -2.44. The van der Waals surface area contributed by atoms with Crippen LogP contribution in [0, 0.1) is 18.6 Å². The highest BCUT2D eigenvalue weighted by Gasteiger charge is 2.17. The van der Waals surface area contributed by atoms with Crippen molar-refractivity contribution >= 4 is 22.5 Å². The van der Waals surface area contributed by atoms with Crippen molar-refractivity contribution in [1.82, 2.24) is 9.55 Å². The summed E-state index contributed by atoms with van der Waals surface area (Å²) in [5, 5.41) is 0.427. The fraction of sp³-hybridized carbons (Fsp3) is 0.211. The highest BCUT2D eigenvalue weighted by atomic mass is 19.2. The summed E-state index contributed by atoms with van der Waals surface area (Å²) in [5.41, 5.74) is 1.37. The third-order valence-electron chi connectivity index (χ3n) is 4.19. The number of likely N-dealkylation sites (N-methyl/N-ethyl adjacent to an activating group) is 1. The number of halogens is 2. The molecule has 3 rings (SSSR count). The van der Waals surface area contributed by atoms with E-state index in [1.807, 2.05) is 13.0 Å². The van der Waals surface area contributed by atoms with E-state index in [0.717, 1.165) is 17.7 Å². The van der Waals surface area contributed by atoms with Crippen molar-refractivity contribution in [3.63, 3.8) is 0 Å². The van der Waals surface area contributed by atoms with Gasteiger partial charge in [-0.05, 0) is 37.6 Å². The van der Waals surface area contributed by atoms with Crippen LogP contribution in [-0.4, -0.2) is 22.0 Å². The van der Waals surface area contributed by atoms with Gasteiger partial charge in [0.05, 0.1) is 17.2 Å². The first-order valence-corrected chi connectivity index (χ1v) is 8.12. The molecular formula is C19H17F2N3O2. The Bertz CT molecular complexity index is 1050. The van der Waals surface area contributed by atoms with Crippen molar-refractivity contribution < 1.29 is 13.6 Å². The molecule has 0 bridgehead atoms. The number of aromatic nitrogens is 2. The molecule has 0 radical (unpaired) electrons. The lowest BCUT2D eigenvalue weighted by molar-refractivity contribution is -0.119. The Balaban J connectivity index is 1.93. The molecule has 1 heterocycles. The van der Waals surface area contributed by atoms with Gasteiger partial charge in [0, 0.05) is 18.3 Å². The molecule has 0 aliphatic carbocycles. The topological polar surface area (TPSA) is 55.2 Å². The van der Waals surface area contributed by atoms with E-state index in [0.29, 0.717) is 10.9 Å². The largest absolute Gasteiger partial charge is 0.311 e. The van der Waals surface area contributed by atoms with Crippen LogP contribution in [0.4, 0.5) is 14.5 Å². The van der Waals surface area contributed by atoms with E-state index >= 15 is 0 Å². The maximum absolute atomic E-state index is 13.5. The predicted octanol–water partition coefficient (Wildman–Crippen LogP) is 3.04. The van der Waals surface area contributed by atoms with Gasteiger partial charge in [-0.15, -0.1) is 0 Å². The molecule has 0 fully saturated rings. The van der Waals surface area contributed by atoms with Gasteiger partial charge in [-0.1, -0.05) is 12.1 Å². The number of benzene rings is 2. The fourth-order valence-electron chi connectivity index (χ4n) is 2.84. The first-order chi connectivity index (χ1) is 12.4. The third-order valence-corrected chi connectivity index (χ3v) is 4.19. The van der Waals surface area contributed by atoms with Crippen molar-refractivity contribution in [2.24, 2.45) is 0 Å². The lowest BCUT2D eigenvalue weighted by atomic mass is 10.1. The van der Waals surface area contributed by atoms with E-state index in [2.05, 4.69) is 4.98 Å². The van der Waals surface area contributed by atoms with Crippen LogP contribution < -0.4 is 10.5 Å². The molecule has 26 heavy (non-hydrogen) atoms. The van der Waals surface area contributed by atoms with Crippen LogP contribution in [0.2, 0.25) is 0 Å². The lowest BCUT2D eigenvalue weighted by Gasteiger charge is -2.21. The maximum atomic E-state index is 13.5. The standard InChI is InChI=1S/C19H17F2N3O2/c1-3-24(13-7-8-15(20)16(21)9-13)17(25)10-23-11-22-18-12(2)5-4-6-14(18)19(23)26/h4-9,11H,3,10H2,1-2H3. The number of hydrogen-bond acceptors (Lipinski definition) is 3. The summed E-state index contributed by atoms with van der Waals surface area (Å²) in [4.78, 5) is 30.8. The molecule has 1 aromatic heterocycles. The molecule has 0 aliphatic heterocycles. The molecule has 1 amide bonds. The number of fused-ring (bicyclic) bond motifs is 1. The van der Waals surface area contributed by atoms with Crippen molar-refractivity contribution in [1.29, 1.82) is 0 Å². The number of anilines is 1. The highest BCUT2D eigenvalue weighted by Crippen LogP contribution is 2.18. The van der Waals surface area contributed by atoms with Gasteiger partial charge >= 0.3 is 0 Å². The first kappa shape index (κ1) is 17.7. The molecule has 134 valence electrons. The number of para-hydroxylation sites is 1. The summed E-state index contributed by atoms with van der Waals surface area (Å²) >= 11 is 0.